The fourth-order valence-corrected chi connectivity index (χ4v) is 2.49. The molecule has 0 saturated heterocycles. The van der Waals surface area contributed by atoms with Gasteiger partial charge in [-0.25, -0.2) is 9.97 Å². The van der Waals surface area contributed by atoms with Crippen LogP contribution in [0.15, 0.2) is 22.7 Å². The molecular weight excluding hydrogens is 349 g/mol. The Balaban J connectivity index is 2.32. The van der Waals surface area contributed by atoms with Gasteiger partial charge in [-0.1, -0.05) is 36.2 Å². The molecule has 0 saturated carbocycles. The van der Waals surface area contributed by atoms with E-state index in [1.165, 1.54) is 0 Å². The van der Waals surface area contributed by atoms with Crippen molar-refractivity contribution in [1.82, 2.24) is 9.97 Å². The highest BCUT2D eigenvalue weighted by molar-refractivity contribution is 9.10. The minimum Gasteiger partial charge on any atom is -0.383 e. The highest BCUT2D eigenvalue weighted by atomic mass is 79.9. The zero-order valence-corrected chi connectivity index (χ0v) is 13.3. The molecule has 1 aromatic heterocycles. The number of benzene rings is 1. The van der Waals surface area contributed by atoms with E-state index in [1.807, 2.05) is 19.1 Å². The SMILES string of the molecule is CCc1nc(Cc2ccc(Cl)c(Cl)c2)nc(N)c1Br. The fourth-order valence-electron chi connectivity index (χ4n) is 1.71. The molecule has 19 heavy (non-hydrogen) atoms. The molecule has 0 fully saturated rings. The molecule has 0 amide bonds. The first-order chi connectivity index (χ1) is 9.01. The molecule has 100 valence electrons. The van der Waals surface area contributed by atoms with Crippen LogP contribution in [0.1, 0.15) is 24.0 Å². The van der Waals surface area contributed by atoms with Crippen molar-refractivity contribution in [3.8, 4) is 0 Å². The van der Waals surface area contributed by atoms with Crippen molar-refractivity contribution >= 4 is 44.9 Å². The van der Waals surface area contributed by atoms with Gasteiger partial charge in [0.1, 0.15) is 11.6 Å². The van der Waals surface area contributed by atoms with Crippen LogP contribution in [0.3, 0.4) is 0 Å². The lowest BCUT2D eigenvalue weighted by Crippen LogP contribution is -2.05. The molecule has 0 spiro atoms. The van der Waals surface area contributed by atoms with Crippen molar-refractivity contribution in [3.63, 3.8) is 0 Å². The van der Waals surface area contributed by atoms with Crippen LogP contribution < -0.4 is 5.73 Å². The van der Waals surface area contributed by atoms with E-state index in [2.05, 4.69) is 25.9 Å². The van der Waals surface area contributed by atoms with Gasteiger partial charge >= 0.3 is 0 Å². The van der Waals surface area contributed by atoms with E-state index < -0.39 is 0 Å². The number of halogens is 3. The summed E-state index contributed by atoms with van der Waals surface area (Å²) in [5.41, 5.74) is 7.76. The van der Waals surface area contributed by atoms with E-state index in [0.29, 0.717) is 28.1 Å². The molecular formula is C13H12BrCl2N3. The summed E-state index contributed by atoms with van der Waals surface area (Å²) in [4.78, 5) is 8.76. The van der Waals surface area contributed by atoms with E-state index in [1.54, 1.807) is 6.07 Å². The van der Waals surface area contributed by atoms with Crippen molar-refractivity contribution in [2.24, 2.45) is 0 Å². The van der Waals surface area contributed by atoms with Crippen LogP contribution in [0, 0.1) is 0 Å². The lowest BCUT2D eigenvalue weighted by Gasteiger charge is -2.08. The van der Waals surface area contributed by atoms with Gasteiger partial charge in [0.15, 0.2) is 0 Å². The highest BCUT2D eigenvalue weighted by Gasteiger charge is 2.09. The number of nitrogen functional groups attached to an aromatic ring is 1. The molecule has 3 nitrogen and oxygen atoms in total. The highest BCUT2D eigenvalue weighted by Crippen LogP contribution is 2.25. The summed E-state index contributed by atoms with van der Waals surface area (Å²) in [7, 11) is 0. The maximum absolute atomic E-state index is 5.99. The second-order valence-electron chi connectivity index (χ2n) is 4.06. The first kappa shape index (κ1) is 14.6. The summed E-state index contributed by atoms with van der Waals surface area (Å²) >= 11 is 15.3. The Morgan fingerprint density at radius 3 is 2.58 bits per heavy atom. The van der Waals surface area contributed by atoms with Gasteiger partial charge in [0.05, 0.1) is 20.2 Å². The molecule has 1 aromatic carbocycles. The summed E-state index contributed by atoms with van der Waals surface area (Å²) in [6.45, 7) is 2.02. The van der Waals surface area contributed by atoms with Gasteiger partial charge < -0.3 is 5.73 Å². The van der Waals surface area contributed by atoms with Crippen molar-refractivity contribution in [2.45, 2.75) is 19.8 Å². The summed E-state index contributed by atoms with van der Waals surface area (Å²) in [6.07, 6.45) is 1.36. The predicted molar refractivity (Wildman–Crippen MR) is 82.8 cm³/mol. The number of hydrogen-bond donors (Lipinski definition) is 1. The van der Waals surface area contributed by atoms with Crippen molar-refractivity contribution in [3.05, 3.63) is 49.8 Å². The first-order valence-corrected chi connectivity index (χ1v) is 7.30. The van der Waals surface area contributed by atoms with Gasteiger partial charge in [0, 0.05) is 6.42 Å². The third kappa shape index (κ3) is 3.38. The van der Waals surface area contributed by atoms with E-state index in [0.717, 1.165) is 22.2 Å². The quantitative estimate of drug-likeness (QED) is 0.888. The van der Waals surface area contributed by atoms with E-state index in [-0.39, 0.29) is 0 Å². The summed E-state index contributed by atoms with van der Waals surface area (Å²) in [5.74, 6) is 1.14. The molecule has 0 bridgehead atoms. The van der Waals surface area contributed by atoms with Crippen LogP contribution in [-0.4, -0.2) is 9.97 Å². The maximum Gasteiger partial charge on any atom is 0.141 e. The molecule has 6 heteroatoms. The topological polar surface area (TPSA) is 51.8 Å². The largest absolute Gasteiger partial charge is 0.383 e. The minimum absolute atomic E-state index is 0.460. The van der Waals surface area contributed by atoms with E-state index in [4.69, 9.17) is 28.9 Å². The Kier molecular flexibility index (Phi) is 4.66. The van der Waals surface area contributed by atoms with Crippen LogP contribution in [0.2, 0.25) is 10.0 Å². The first-order valence-electron chi connectivity index (χ1n) is 5.76. The van der Waals surface area contributed by atoms with Crippen LogP contribution in [-0.2, 0) is 12.8 Å². The second kappa shape index (κ2) is 6.07. The Hall–Kier alpha value is -0.840. The third-order valence-corrected chi connectivity index (χ3v) is 4.28. The average molecular weight is 361 g/mol. The number of rotatable bonds is 3. The molecule has 0 atom stereocenters. The molecule has 0 aliphatic heterocycles. The summed E-state index contributed by atoms with van der Waals surface area (Å²) in [5, 5.41) is 1.07. The van der Waals surface area contributed by atoms with Crippen LogP contribution >= 0.6 is 39.1 Å². The van der Waals surface area contributed by atoms with E-state index >= 15 is 0 Å². The standard InChI is InChI=1S/C13H12BrCl2N3/c1-2-10-12(14)13(17)19-11(18-10)6-7-3-4-8(15)9(16)5-7/h3-5H,2,6H2,1H3,(H2,17,18,19). The lowest BCUT2D eigenvalue weighted by molar-refractivity contribution is 0.902. The minimum atomic E-state index is 0.460. The molecule has 0 aliphatic carbocycles. The van der Waals surface area contributed by atoms with Gasteiger partial charge in [0.2, 0.25) is 0 Å². The maximum atomic E-state index is 5.99. The number of aromatic nitrogens is 2. The molecule has 1 heterocycles. The Morgan fingerprint density at radius 1 is 1.21 bits per heavy atom. The smallest absolute Gasteiger partial charge is 0.141 e. The molecule has 0 aliphatic rings. The second-order valence-corrected chi connectivity index (χ2v) is 5.67. The monoisotopic (exact) mass is 359 g/mol. The van der Waals surface area contributed by atoms with E-state index in [9.17, 15) is 0 Å². The lowest BCUT2D eigenvalue weighted by atomic mass is 10.1. The van der Waals surface area contributed by atoms with Crippen molar-refractivity contribution in [1.29, 1.82) is 0 Å². The van der Waals surface area contributed by atoms with Gasteiger partial charge in [-0.3, -0.25) is 0 Å². The predicted octanol–water partition coefficient (Wildman–Crippen LogP) is 4.28. The number of nitrogens with zero attached hydrogens (tertiary/aromatic N) is 2. The van der Waals surface area contributed by atoms with Gasteiger partial charge in [-0.15, -0.1) is 0 Å². The third-order valence-electron chi connectivity index (χ3n) is 2.67. The molecule has 0 radical (unpaired) electrons. The number of aryl methyl sites for hydroxylation is 1. The van der Waals surface area contributed by atoms with Gasteiger partial charge in [-0.2, -0.15) is 0 Å². The van der Waals surface area contributed by atoms with Gasteiger partial charge in [0.25, 0.3) is 0 Å². The zero-order valence-electron chi connectivity index (χ0n) is 10.3. The Labute approximate surface area is 130 Å². The van der Waals surface area contributed by atoms with Crippen LogP contribution in [0.5, 0.6) is 0 Å². The molecule has 2 rings (SSSR count). The van der Waals surface area contributed by atoms with Gasteiger partial charge in [-0.05, 0) is 40.0 Å². The van der Waals surface area contributed by atoms with Crippen molar-refractivity contribution in [2.75, 3.05) is 5.73 Å². The average Bonchev–Trinajstić information content (AvgIpc) is 2.38. The van der Waals surface area contributed by atoms with Crippen LogP contribution in [0.4, 0.5) is 5.82 Å². The summed E-state index contributed by atoms with van der Waals surface area (Å²) < 4.78 is 0.771. The number of hydrogen-bond acceptors (Lipinski definition) is 3. The van der Waals surface area contributed by atoms with Crippen molar-refractivity contribution < 1.29 is 0 Å². The number of anilines is 1. The molecule has 2 N–H and O–H groups in total. The fraction of sp³-hybridized carbons (Fsp3) is 0.231. The normalized spacial score (nSPS) is 10.7. The Morgan fingerprint density at radius 2 is 1.95 bits per heavy atom. The zero-order chi connectivity index (χ0) is 14.0. The molecule has 0 unspecified atom stereocenters. The number of nitrogens with two attached hydrogens (primary N) is 1. The molecule has 2 aromatic rings. The summed E-state index contributed by atoms with van der Waals surface area (Å²) in [6, 6.07) is 5.49. The Bertz CT molecular complexity index is 617. The van der Waals surface area contributed by atoms with Crippen LogP contribution in [0.25, 0.3) is 0 Å².